The van der Waals surface area contributed by atoms with E-state index in [0.29, 0.717) is 18.3 Å². The van der Waals surface area contributed by atoms with Crippen LogP contribution in [0.25, 0.3) is 10.4 Å². The summed E-state index contributed by atoms with van der Waals surface area (Å²) in [4.78, 5) is 22.2. The van der Waals surface area contributed by atoms with Crippen LogP contribution < -0.4 is 9.64 Å². The van der Waals surface area contributed by atoms with Crippen molar-refractivity contribution in [3.05, 3.63) is 30.5 Å². The van der Waals surface area contributed by atoms with Crippen molar-refractivity contribution in [3.8, 4) is 16.3 Å². The first-order valence-corrected chi connectivity index (χ1v) is 9.82. The number of carbonyl (C=O) groups is 1. The highest BCUT2D eigenvalue weighted by Crippen LogP contribution is 2.45. The number of piperidine rings is 3. The predicted octanol–water partition coefficient (Wildman–Crippen LogP) is 3.24. The first-order valence-electron chi connectivity index (χ1n) is 9.01. The van der Waals surface area contributed by atoms with Crippen LogP contribution in [0, 0.1) is 5.92 Å². The number of aromatic nitrogens is 1. The third-order valence-electron chi connectivity index (χ3n) is 5.85. The first-order chi connectivity index (χ1) is 12.7. The Labute approximate surface area is 156 Å². The maximum atomic E-state index is 12.6. The molecule has 26 heavy (non-hydrogen) atoms. The Morgan fingerprint density at radius 2 is 2.12 bits per heavy atom. The van der Waals surface area contributed by atoms with Crippen molar-refractivity contribution in [2.75, 3.05) is 38.2 Å². The Kier molecular flexibility index (Phi) is 3.68. The van der Waals surface area contributed by atoms with E-state index in [1.807, 2.05) is 24.3 Å². The lowest BCUT2D eigenvalue weighted by Gasteiger charge is -2.49. The second-order valence-corrected chi connectivity index (χ2v) is 8.33. The van der Waals surface area contributed by atoms with Crippen molar-refractivity contribution < 1.29 is 14.3 Å². The summed E-state index contributed by atoms with van der Waals surface area (Å²) in [6.07, 6.45) is 3.75. The number of methoxy groups -OCH3 is 1. The standard InChI is InChI=1S/C19H21N3O3S/c1-24-17-14(3-2-8-20-17)15-4-5-16(26-15)22-12-19(25-18(22)23)11-21-9-6-13(19)7-10-21/h2-5,8,13H,6-7,9-12H2,1H3. The van der Waals surface area contributed by atoms with Crippen LogP contribution in [0.15, 0.2) is 30.5 Å². The Balaban J connectivity index is 1.43. The highest BCUT2D eigenvalue weighted by molar-refractivity contribution is 7.19. The Bertz CT molecular complexity index is 846. The zero-order chi connectivity index (χ0) is 17.7. The summed E-state index contributed by atoms with van der Waals surface area (Å²) in [7, 11) is 1.62. The molecule has 1 spiro atoms. The normalized spacial score (nSPS) is 30.0. The number of carbonyl (C=O) groups excluding carboxylic acids is 1. The number of rotatable bonds is 3. The molecule has 4 aliphatic rings. The van der Waals surface area contributed by atoms with Crippen LogP contribution in [0.2, 0.25) is 0 Å². The predicted molar refractivity (Wildman–Crippen MR) is 99.8 cm³/mol. The van der Waals surface area contributed by atoms with Crippen LogP contribution in [0.5, 0.6) is 5.88 Å². The van der Waals surface area contributed by atoms with E-state index in [2.05, 4.69) is 9.88 Å². The molecule has 6 nitrogen and oxygen atoms in total. The Morgan fingerprint density at radius 3 is 2.85 bits per heavy atom. The van der Waals surface area contributed by atoms with Gasteiger partial charge < -0.3 is 9.47 Å². The second-order valence-electron chi connectivity index (χ2n) is 7.27. The molecule has 4 aliphatic heterocycles. The lowest BCUT2D eigenvalue weighted by molar-refractivity contribution is -0.0881. The fraction of sp³-hybridized carbons (Fsp3) is 0.474. The van der Waals surface area contributed by atoms with Gasteiger partial charge in [-0.05, 0) is 50.2 Å². The molecule has 2 bridgehead atoms. The van der Waals surface area contributed by atoms with E-state index < -0.39 is 0 Å². The number of nitrogens with zero attached hydrogens (tertiary/aromatic N) is 3. The SMILES string of the molecule is COc1ncccc1-c1ccc(N2CC3(CN4CCC3CC4)OC2=O)s1. The number of hydrogen-bond donors (Lipinski definition) is 0. The highest BCUT2D eigenvalue weighted by atomic mass is 32.1. The number of amides is 1. The van der Waals surface area contributed by atoms with Gasteiger partial charge in [-0.1, -0.05) is 0 Å². The molecular weight excluding hydrogens is 350 g/mol. The maximum Gasteiger partial charge on any atom is 0.415 e. The molecule has 0 saturated carbocycles. The van der Waals surface area contributed by atoms with Crippen LogP contribution in [-0.2, 0) is 4.74 Å². The average Bonchev–Trinajstić information content (AvgIpc) is 3.27. The highest BCUT2D eigenvalue weighted by Gasteiger charge is 2.55. The molecule has 0 aromatic carbocycles. The number of hydrogen-bond acceptors (Lipinski definition) is 6. The summed E-state index contributed by atoms with van der Waals surface area (Å²) in [5.74, 6) is 1.08. The molecule has 2 aromatic heterocycles. The number of fused-ring (bicyclic) bond motifs is 2. The third kappa shape index (κ3) is 2.41. The van der Waals surface area contributed by atoms with Crippen molar-refractivity contribution in [1.29, 1.82) is 0 Å². The monoisotopic (exact) mass is 371 g/mol. The van der Waals surface area contributed by atoms with Crippen LogP contribution in [0.4, 0.5) is 9.80 Å². The molecular formula is C19H21N3O3S. The lowest BCUT2D eigenvalue weighted by Crippen LogP contribution is -2.61. The minimum atomic E-state index is -0.330. The number of anilines is 1. The van der Waals surface area contributed by atoms with E-state index >= 15 is 0 Å². The van der Waals surface area contributed by atoms with Crippen LogP contribution >= 0.6 is 11.3 Å². The van der Waals surface area contributed by atoms with Crippen LogP contribution in [-0.4, -0.2) is 54.9 Å². The van der Waals surface area contributed by atoms with Gasteiger partial charge >= 0.3 is 6.09 Å². The molecule has 2 aromatic rings. The minimum absolute atomic E-state index is 0.217. The van der Waals surface area contributed by atoms with Gasteiger partial charge in [-0.15, -0.1) is 11.3 Å². The van der Waals surface area contributed by atoms with Gasteiger partial charge in [0.2, 0.25) is 5.88 Å². The molecule has 1 unspecified atom stereocenters. The van der Waals surface area contributed by atoms with Crippen molar-refractivity contribution in [2.45, 2.75) is 18.4 Å². The molecule has 6 heterocycles. The summed E-state index contributed by atoms with van der Waals surface area (Å²) in [5.41, 5.74) is 0.611. The molecule has 6 rings (SSSR count). The van der Waals surface area contributed by atoms with Gasteiger partial charge in [0.25, 0.3) is 0 Å². The molecule has 4 fully saturated rings. The number of ether oxygens (including phenoxy) is 2. The zero-order valence-corrected chi connectivity index (χ0v) is 15.5. The minimum Gasteiger partial charge on any atom is -0.481 e. The molecule has 7 heteroatoms. The molecule has 0 radical (unpaired) electrons. The summed E-state index contributed by atoms with van der Waals surface area (Å²) in [6, 6.07) is 7.89. The van der Waals surface area contributed by atoms with Crippen molar-refractivity contribution >= 4 is 22.4 Å². The van der Waals surface area contributed by atoms with Gasteiger partial charge in [-0.25, -0.2) is 9.78 Å². The zero-order valence-electron chi connectivity index (χ0n) is 14.7. The fourth-order valence-corrected chi connectivity index (χ4v) is 5.55. The third-order valence-corrected chi connectivity index (χ3v) is 6.99. The Morgan fingerprint density at radius 1 is 1.27 bits per heavy atom. The van der Waals surface area contributed by atoms with Gasteiger partial charge in [-0.3, -0.25) is 9.80 Å². The van der Waals surface area contributed by atoms with Crippen molar-refractivity contribution in [1.82, 2.24) is 9.88 Å². The smallest absolute Gasteiger partial charge is 0.415 e. The molecule has 0 N–H and O–H groups in total. The van der Waals surface area contributed by atoms with E-state index in [1.54, 1.807) is 29.5 Å². The van der Waals surface area contributed by atoms with Crippen molar-refractivity contribution in [2.24, 2.45) is 5.92 Å². The molecule has 1 amide bonds. The summed E-state index contributed by atoms with van der Waals surface area (Å²) in [5, 5.41) is 0.921. The molecule has 136 valence electrons. The van der Waals surface area contributed by atoms with Gasteiger partial charge in [0.15, 0.2) is 0 Å². The van der Waals surface area contributed by atoms with Gasteiger partial charge in [0.1, 0.15) is 10.6 Å². The van der Waals surface area contributed by atoms with Gasteiger partial charge in [0.05, 0.1) is 19.2 Å². The summed E-state index contributed by atoms with van der Waals surface area (Å²) < 4.78 is 11.3. The number of pyridine rings is 1. The topological polar surface area (TPSA) is 54.9 Å². The summed E-state index contributed by atoms with van der Waals surface area (Å²) >= 11 is 1.58. The Hall–Kier alpha value is -2.12. The van der Waals surface area contributed by atoms with Gasteiger partial charge in [0, 0.05) is 23.5 Å². The van der Waals surface area contributed by atoms with E-state index in [-0.39, 0.29) is 11.7 Å². The first kappa shape index (κ1) is 16.1. The van der Waals surface area contributed by atoms with Crippen molar-refractivity contribution in [3.63, 3.8) is 0 Å². The van der Waals surface area contributed by atoms with Crippen LogP contribution in [0.1, 0.15) is 12.8 Å². The molecule has 4 saturated heterocycles. The van der Waals surface area contributed by atoms with E-state index in [1.165, 1.54) is 0 Å². The quantitative estimate of drug-likeness (QED) is 0.829. The van der Waals surface area contributed by atoms with E-state index in [4.69, 9.17) is 9.47 Å². The molecule has 0 aliphatic carbocycles. The number of thiophene rings is 1. The van der Waals surface area contributed by atoms with Gasteiger partial charge in [-0.2, -0.15) is 0 Å². The molecule has 1 atom stereocenters. The lowest BCUT2D eigenvalue weighted by atomic mass is 9.75. The second kappa shape index (κ2) is 5.96. The fourth-order valence-electron chi connectivity index (χ4n) is 4.54. The van der Waals surface area contributed by atoms with E-state index in [0.717, 1.165) is 47.9 Å². The largest absolute Gasteiger partial charge is 0.481 e. The summed E-state index contributed by atoms with van der Waals surface area (Å²) in [6.45, 7) is 3.79. The van der Waals surface area contributed by atoms with E-state index in [9.17, 15) is 4.79 Å². The van der Waals surface area contributed by atoms with Crippen LogP contribution in [0.3, 0.4) is 0 Å². The average molecular weight is 371 g/mol. The maximum absolute atomic E-state index is 12.6.